The molecule has 5 atom stereocenters. The van der Waals surface area contributed by atoms with Crippen molar-refractivity contribution in [2.24, 2.45) is 17.8 Å². The van der Waals surface area contributed by atoms with E-state index >= 15 is 0 Å². The molecule has 1 aliphatic heterocycles. The van der Waals surface area contributed by atoms with Gasteiger partial charge in [-0.15, -0.1) is 0 Å². The highest BCUT2D eigenvalue weighted by molar-refractivity contribution is 5.87. The quantitative estimate of drug-likeness (QED) is 0.345. The fraction of sp³-hybridized carbons (Fsp3) is 0.654. The van der Waals surface area contributed by atoms with E-state index in [0.29, 0.717) is 39.0 Å². The number of benzene rings is 1. The molecular weight excluding hydrogens is 464 g/mol. The van der Waals surface area contributed by atoms with Crippen LogP contribution in [0, 0.1) is 17.8 Å². The summed E-state index contributed by atoms with van der Waals surface area (Å²) in [5.74, 6) is -2.04. The summed E-state index contributed by atoms with van der Waals surface area (Å²) in [5.41, 5.74) is 2.82. The number of aliphatic hydroxyl groups is 1. The third-order valence-corrected chi connectivity index (χ3v) is 8.00. The molecule has 1 aromatic rings. The first-order valence-electron chi connectivity index (χ1n) is 13.1. The smallest absolute Gasteiger partial charge is 0.407 e. The molecule has 0 aromatic heterocycles. The van der Waals surface area contributed by atoms with E-state index in [1.165, 1.54) is 0 Å². The monoisotopic (exact) mass is 502 g/mol. The zero-order chi connectivity index (χ0) is 25.5. The number of nitrogens with one attached hydrogen (secondary N) is 2. The molecule has 198 valence electrons. The second kappa shape index (κ2) is 12.4. The van der Waals surface area contributed by atoms with E-state index in [4.69, 9.17) is 4.74 Å². The van der Waals surface area contributed by atoms with Crippen molar-refractivity contribution in [1.29, 1.82) is 0 Å². The molecule has 0 spiro atoms. The van der Waals surface area contributed by atoms with Gasteiger partial charge in [0.1, 0.15) is 6.10 Å². The van der Waals surface area contributed by atoms with Crippen molar-refractivity contribution in [2.75, 3.05) is 37.7 Å². The van der Waals surface area contributed by atoms with Gasteiger partial charge in [-0.2, -0.15) is 0 Å². The van der Waals surface area contributed by atoms with Gasteiger partial charge in [-0.25, -0.2) is 10.3 Å². The number of rotatable bonds is 6. The highest BCUT2D eigenvalue weighted by Gasteiger charge is 2.42. The molecule has 3 aliphatic rings. The van der Waals surface area contributed by atoms with Crippen molar-refractivity contribution in [1.82, 2.24) is 15.7 Å². The number of amides is 3. The predicted octanol–water partition coefficient (Wildman–Crippen LogP) is 1.90. The Kier molecular flexibility index (Phi) is 9.03. The number of piperazine rings is 1. The van der Waals surface area contributed by atoms with Crippen LogP contribution in [0.15, 0.2) is 30.3 Å². The summed E-state index contributed by atoms with van der Waals surface area (Å²) in [7, 11) is 0. The second-order valence-corrected chi connectivity index (χ2v) is 10.2. The highest BCUT2D eigenvalue weighted by Crippen LogP contribution is 2.34. The minimum atomic E-state index is -0.777. The Morgan fingerprint density at radius 1 is 0.944 bits per heavy atom. The first-order chi connectivity index (χ1) is 17.5. The van der Waals surface area contributed by atoms with Gasteiger partial charge in [-0.05, 0) is 44.2 Å². The van der Waals surface area contributed by atoms with Crippen LogP contribution in [-0.2, 0) is 14.3 Å². The van der Waals surface area contributed by atoms with Gasteiger partial charge in [0, 0.05) is 50.4 Å². The Morgan fingerprint density at radius 2 is 1.67 bits per heavy atom. The fourth-order valence-electron chi connectivity index (χ4n) is 5.92. The maximum absolute atomic E-state index is 13.4. The molecule has 1 saturated heterocycles. The molecule has 0 bridgehead atoms. The molecule has 2 aliphatic carbocycles. The molecular formula is C26H38N4O6. The summed E-state index contributed by atoms with van der Waals surface area (Å²) < 4.78 is 5.62. The van der Waals surface area contributed by atoms with E-state index in [-0.39, 0.29) is 30.9 Å². The number of hydrogen-bond acceptors (Lipinski definition) is 7. The van der Waals surface area contributed by atoms with Crippen LogP contribution < -0.4 is 15.7 Å². The lowest BCUT2D eigenvalue weighted by molar-refractivity contribution is -0.149. The normalized spacial score (nSPS) is 28.8. The third-order valence-electron chi connectivity index (χ3n) is 8.00. The number of para-hydroxylation sites is 1. The van der Waals surface area contributed by atoms with Gasteiger partial charge in [0.2, 0.25) is 11.8 Å². The minimum absolute atomic E-state index is 0.0231. The molecule has 3 fully saturated rings. The van der Waals surface area contributed by atoms with Crippen molar-refractivity contribution in [3.8, 4) is 0 Å². The van der Waals surface area contributed by atoms with Gasteiger partial charge in [-0.1, -0.05) is 31.0 Å². The zero-order valence-corrected chi connectivity index (χ0v) is 20.7. The van der Waals surface area contributed by atoms with E-state index in [0.717, 1.165) is 31.4 Å². The van der Waals surface area contributed by atoms with E-state index in [1.54, 1.807) is 10.4 Å². The number of nitrogens with zero attached hydrogens (tertiary/aromatic N) is 2. The Morgan fingerprint density at radius 3 is 2.36 bits per heavy atom. The summed E-state index contributed by atoms with van der Waals surface area (Å²) in [6.07, 6.45) is 3.66. The Bertz CT molecular complexity index is 892. The van der Waals surface area contributed by atoms with Crippen LogP contribution >= 0.6 is 0 Å². The average molecular weight is 503 g/mol. The molecule has 10 nitrogen and oxygen atoms in total. The van der Waals surface area contributed by atoms with Gasteiger partial charge < -0.3 is 25.0 Å². The highest BCUT2D eigenvalue weighted by atomic mass is 16.6. The predicted molar refractivity (Wildman–Crippen MR) is 132 cm³/mol. The molecule has 3 amide bonds. The average Bonchev–Trinajstić information content (AvgIpc) is 2.93. The molecule has 4 rings (SSSR count). The largest absolute Gasteiger partial charge is 0.446 e. The molecule has 2 unspecified atom stereocenters. The van der Waals surface area contributed by atoms with Crippen LogP contribution in [0.2, 0.25) is 0 Å². The van der Waals surface area contributed by atoms with Crippen LogP contribution in [0.4, 0.5) is 10.5 Å². The molecule has 1 aromatic carbocycles. The van der Waals surface area contributed by atoms with Crippen molar-refractivity contribution < 1.29 is 29.4 Å². The molecule has 4 N–H and O–H groups in total. The standard InChI is InChI=1S/C26H38N4O6/c31-17-18-6-4-5-9-23(18)27-26(34)36-20-10-11-21(22(16-20)24(32)28-35)25(33)30-14-12-29(13-15-30)19-7-2-1-3-8-19/h1-3,7-8,18,20-23,31,35H,4-6,9-17H2,(H,27,34)(H,28,32)/t18?,20-,21+,22+,23?/m1/s1. The summed E-state index contributed by atoms with van der Waals surface area (Å²) in [6.45, 7) is 2.57. The van der Waals surface area contributed by atoms with Crippen LogP contribution in [0.1, 0.15) is 44.9 Å². The van der Waals surface area contributed by atoms with Crippen LogP contribution in [-0.4, -0.2) is 78.1 Å². The lowest BCUT2D eigenvalue weighted by Crippen LogP contribution is -2.53. The summed E-state index contributed by atoms with van der Waals surface area (Å²) in [4.78, 5) is 42.5. The summed E-state index contributed by atoms with van der Waals surface area (Å²) in [6, 6.07) is 9.93. The van der Waals surface area contributed by atoms with Crippen molar-refractivity contribution in [3.05, 3.63) is 30.3 Å². The van der Waals surface area contributed by atoms with Crippen molar-refractivity contribution in [2.45, 2.75) is 57.1 Å². The number of aliphatic hydroxyl groups excluding tert-OH is 1. The Labute approximate surface area is 211 Å². The lowest BCUT2D eigenvalue weighted by atomic mass is 9.76. The maximum Gasteiger partial charge on any atom is 0.407 e. The SMILES string of the molecule is O=C(NC1CCCCC1CO)O[C@@H]1CC[C@H](C(=O)N2CCN(c3ccccc3)CC2)[C@@H](C(=O)NO)C1. The number of anilines is 1. The number of hydrogen-bond donors (Lipinski definition) is 4. The Hall–Kier alpha value is -2.85. The van der Waals surface area contributed by atoms with Gasteiger partial charge in [0.05, 0.1) is 11.8 Å². The summed E-state index contributed by atoms with van der Waals surface area (Å²) in [5, 5.41) is 21.8. The van der Waals surface area contributed by atoms with Crippen molar-refractivity contribution in [3.63, 3.8) is 0 Å². The van der Waals surface area contributed by atoms with Gasteiger partial charge >= 0.3 is 6.09 Å². The Balaban J connectivity index is 1.32. The van der Waals surface area contributed by atoms with Crippen molar-refractivity contribution >= 4 is 23.6 Å². The molecule has 10 heteroatoms. The number of carbonyl (C=O) groups is 3. The number of alkyl carbamates (subject to hydrolysis) is 1. The van der Waals surface area contributed by atoms with Gasteiger partial charge in [0.15, 0.2) is 0 Å². The maximum atomic E-state index is 13.4. The zero-order valence-electron chi connectivity index (χ0n) is 20.7. The van der Waals surface area contributed by atoms with E-state index in [1.807, 2.05) is 18.2 Å². The molecule has 1 heterocycles. The summed E-state index contributed by atoms with van der Waals surface area (Å²) >= 11 is 0. The minimum Gasteiger partial charge on any atom is -0.446 e. The van der Waals surface area contributed by atoms with Gasteiger partial charge in [-0.3, -0.25) is 14.8 Å². The second-order valence-electron chi connectivity index (χ2n) is 10.2. The van der Waals surface area contributed by atoms with E-state index in [9.17, 15) is 24.7 Å². The lowest BCUT2D eigenvalue weighted by Gasteiger charge is -2.40. The fourth-order valence-corrected chi connectivity index (χ4v) is 5.92. The first kappa shape index (κ1) is 26.2. The third kappa shape index (κ3) is 6.28. The molecule has 0 radical (unpaired) electrons. The van der Waals surface area contributed by atoms with Gasteiger partial charge in [0.25, 0.3) is 0 Å². The van der Waals surface area contributed by atoms with E-state index in [2.05, 4.69) is 22.3 Å². The van der Waals surface area contributed by atoms with Crippen LogP contribution in [0.3, 0.4) is 0 Å². The van der Waals surface area contributed by atoms with Crippen LogP contribution in [0.5, 0.6) is 0 Å². The van der Waals surface area contributed by atoms with Crippen LogP contribution in [0.25, 0.3) is 0 Å². The molecule has 36 heavy (non-hydrogen) atoms. The number of carbonyl (C=O) groups excluding carboxylic acids is 3. The molecule has 2 saturated carbocycles. The van der Waals surface area contributed by atoms with E-state index < -0.39 is 29.9 Å². The number of ether oxygens (including phenoxy) is 1. The number of hydroxylamine groups is 1. The topological polar surface area (TPSA) is 131 Å². The first-order valence-corrected chi connectivity index (χ1v) is 13.1.